The Morgan fingerprint density at radius 3 is 2.05 bits per heavy atom. The van der Waals surface area contributed by atoms with E-state index in [1.54, 1.807) is 0 Å². The lowest BCUT2D eigenvalue weighted by Crippen LogP contribution is -2.08. The molecule has 1 N–H and O–H groups in total. The fourth-order valence-electron chi connectivity index (χ4n) is 2.22. The minimum absolute atomic E-state index is 0.197. The quantitative estimate of drug-likeness (QED) is 0.770. The Bertz CT molecular complexity index is 679. The molecule has 21 heavy (non-hydrogen) atoms. The molecule has 3 nitrogen and oxygen atoms in total. The molecule has 0 saturated heterocycles. The third-order valence-electron chi connectivity index (χ3n) is 3.40. The second kappa shape index (κ2) is 6.18. The molecule has 0 bridgehead atoms. The van der Waals surface area contributed by atoms with Crippen LogP contribution in [0.2, 0.25) is 0 Å². The number of benzene rings is 2. The molecule has 1 aromatic heterocycles. The Balaban J connectivity index is 1.73. The van der Waals surface area contributed by atoms with Crippen LogP contribution in [0, 0.1) is 0 Å². The molecular formula is C18H17N3. The average Bonchev–Trinajstić information content (AvgIpc) is 2.57. The van der Waals surface area contributed by atoms with Gasteiger partial charge in [-0.3, -0.25) is 0 Å². The van der Waals surface area contributed by atoms with Gasteiger partial charge in [0.2, 0.25) is 0 Å². The SMILES string of the molecule is C[C@@H](Nc1ccc(-c2ccccc2)nn1)c1ccccc1. The van der Waals surface area contributed by atoms with Gasteiger partial charge in [0.15, 0.2) is 0 Å². The maximum atomic E-state index is 4.28. The first-order chi connectivity index (χ1) is 10.3. The Morgan fingerprint density at radius 1 is 0.762 bits per heavy atom. The predicted octanol–water partition coefficient (Wildman–Crippen LogP) is 4.32. The highest BCUT2D eigenvalue weighted by Crippen LogP contribution is 2.19. The zero-order valence-corrected chi connectivity index (χ0v) is 11.9. The van der Waals surface area contributed by atoms with Gasteiger partial charge < -0.3 is 5.32 Å². The highest BCUT2D eigenvalue weighted by atomic mass is 15.2. The fraction of sp³-hybridized carbons (Fsp3) is 0.111. The standard InChI is InChI=1S/C18H17N3/c1-14(15-8-4-2-5-9-15)19-18-13-12-17(20-21-18)16-10-6-3-7-11-16/h2-14H,1H3,(H,19,21)/t14-/m1/s1. The number of anilines is 1. The van der Waals surface area contributed by atoms with Gasteiger partial charge in [-0.1, -0.05) is 60.7 Å². The minimum Gasteiger partial charge on any atom is -0.362 e. The van der Waals surface area contributed by atoms with E-state index in [0.29, 0.717) is 0 Å². The third-order valence-corrected chi connectivity index (χ3v) is 3.40. The summed E-state index contributed by atoms with van der Waals surface area (Å²) >= 11 is 0. The molecule has 104 valence electrons. The maximum Gasteiger partial charge on any atom is 0.149 e. The normalized spacial score (nSPS) is 11.9. The summed E-state index contributed by atoms with van der Waals surface area (Å²) in [5.41, 5.74) is 3.19. The van der Waals surface area contributed by atoms with E-state index in [1.165, 1.54) is 5.56 Å². The van der Waals surface area contributed by atoms with Crippen LogP contribution >= 0.6 is 0 Å². The molecule has 3 heteroatoms. The lowest BCUT2D eigenvalue weighted by atomic mass is 10.1. The van der Waals surface area contributed by atoms with Crippen LogP contribution in [0.4, 0.5) is 5.82 Å². The van der Waals surface area contributed by atoms with E-state index >= 15 is 0 Å². The van der Waals surface area contributed by atoms with Gasteiger partial charge in [-0.25, -0.2) is 0 Å². The van der Waals surface area contributed by atoms with Gasteiger partial charge in [0.05, 0.1) is 5.69 Å². The molecule has 0 aliphatic rings. The van der Waals surface area contributed by atoms with Crippen molar-refractivity contribution >= 4 is 5.82 Å². The Labute approximate surface area is 124 Å². The second-order valence-corrected chi connectivity index (χ2v) is 4.95. The molecule has 0 fully saturated rings. The topological polar surface area (TPSA) is 37.8 Å². The molecule has 0 radical (unpaired) electrons. The highest BCUT2D eigenvalue weighted by Gasteiger charge is 2.06. The van der Waals surface area contributed by atoms with Crippen LogP contribution in [0.15, 0.2) is 72.8 Å². The van der Waals surface area contributed by atoms with Gasteiger partial charge in [0.25, 0.3) is 0 Å². The van der Waals surface area contributed by atoms with Crippen LogP contribution in [0.3, 0.4) is 0 Å². The summed E-state index contributed by atoms with van der Waals surface area (Å²) in [6.45, 7) is 2.11. The van der Waals surface area contributed by atoms with Gasteiger partial charge in [0, 0.05) is 11.6 Å². The molecule has 1 atom stereocenters. The van der Waals surface area contributed by atoms with Crippen LogP contribution in [0.25, 0.3) is 11.3 Å². The summed E-state index contributed by atoms with van der Waals surface area (Å²) in [7, 11) is 0. The van der Waals surface area contributed by atoms with Crippen molar-refractivity contribution in [3.8, 4) is 11.3 Å². The predicted molar refractivity (Wildman–Crippen MR) is 85.9 cm³/mol. The van der Waals surface area contributed by atoms with Crippen LogP contribution in [-0.2, 0) is 0 Å². The Hall–Kier alpha value is -2.68. The maximum absolute atomic E-state index is 4.28. The van der Waals surface area contributed by atoms with E-state index in [0.717, 1.165) is 17.1 Å². The van der Waals surface area contributed by atoms with Gasteiger partial charge >= 0.3 is 0 Å². The molecule has 0 amide bonds. The number of hydrogen-bond acceptors (Lipinski definition) is 3. The average molecular weight is 275 g/mol. The molecule has 2 aromatic carbocycles. The van der Waals surface area contributed by atoms with Gasteiger partial charge in [-0.15, -0.1) is 10.2 Å². The molecule has 1 heterocycles. The van der Waals surface area contributed by atoms with Crippen molar-refractivity contribution in [2.75, 3.05) is 5.32 Å². The van der Waals surface area contributed by atoms with Crippen molar-refractivity contribution in [2.24, 2.45) is 0 Å². The lowest BCUT2D eigenvalue weighted by molar-refractivity contribution is 0.861. The van der Waals surface area contributed by atoms with Gasteiger partial charge in [-0.05, 0) is 24.6 Å². The summed E-state index contributed by atoms with van der Waals surface area (Å²) in [4.78, 5) is 0. The zero-order valence-electron chi connectivity index (χ0n) is 11.9. The molecule has 3 aromatic rings. The lowest BCUT2D eigenvalue weighted by Gasteiger charge is -2.14. The van der Waals surface area contributed by atoms with Crippen molar-refractivity contribution in [2.45, 2.75) is 13.0 Å². The van der Waals surface area contributed by atoms with Crippen molar-refractivity contribution in [1.29, 1.82) is 0 Å². The van der Waals surface area contributed by atoms with Crippen molar-refractivity contribution < 1.29 is 0 Å². The number of hydrogen-bond donors (Lipinski definition) is 1. The number of nitrogens with one attached hydrogen (secondary N) is 1. The third kappa shape index (κ3) is 3.26. The van der Waals surface area contributed by atoms with Crippen molar-refractivity contribution in [3.63, 3.8) is 0 Å². The molecule has 0 unspecified atom stereocenters. The number of nitrogens with zero attached hydrogens (tertiary/aromatic N) is 2. The van der Waals surface area contributed by atoms with Crippen LogP contribution in [0.5, 0.6) is 0 Å². The molecule has 0 saturated carbocycles. The molecular weight excluding hydrogens is 258 g/mol. The minimum atomic E-state index is 0.197. The first-order valence-electron chi connectivity index (χ1n) is 7.03. The van der Waals surface area contributed by atoms with Crippen LogP contribution < -0.4 is 5.32 Å². The summed E-state index contributed by atoms with van der Waals surface area (Å²) < 4.78 is 0. The Morgan fingerprint density at radius 2 is 1.43 bits per heavy atom. The van der Waals surface area contributed by atoms with E-state index in [9.17, 15) is 0 Å². The fourth-order valence-corrected chi connectivity index (χ4v) is 2.22. The van der Waals surface area contributed by atoms with E-state index in [2.05, 4.69) is 34.6 Å². The summed E-state index contributed by atoms with van der Waals surface area (Å²) in [6.07, 6.45) is 0. The van der Waals surface area contributed by atoms with Crippen LogP contribution in [-0.4, -0.2) is 10.2 Å². The van der Waals surface area contributed by atoms with E-state index in [4.69, 9.17) is 0 Å². The molecule has 0 aliphatic heterocycles. The number of aromatic nitrogens is 2. The smallest absolute Gasteiger partial charge is 0.149 e. The molecule has 0 spiro atoms. The zero-order chi connectivity index (χ0) is 14.5. The second-order valence-electron chi connectivity index (χ2n) is 4.95. The summed E-state index contributed by atoms with van der Waals surface area (Å²) in [6, 6.07) is 24.5. The summed E-state index contributed by atoms with van der Waals surface area (Å²) in [5, 5.41) is 11.9. The number of rotatable bonds is 4. The largest absolute Gasteiger partial charge is 0.362 e. The Kier molecular flexibility index (Phi) is 3.92. The van der Waals surface area contributed by atoms with Gasteiger partial charge in [0.1, 0.15) is 5.82 Å². The van der Waals surface area contributed by atoms with E-state index in [-0.39, 0.29) is 6.04 Å². The first-order valence-corrected chi connectivity index (χ1v) is 7.03. The highest BCUT2D eigenvalue weighted by molar-refractivity contribution is 5.59. The van der Waals surface area contributed by atoms with Crippen molar-refractivity contribution in [1.82, 2.24) is 10.2 Å². The van der Waals surface area contributed by atoms with Crippen LogP contribution in [0.1, 0.15) is 18.5 Å². The first kappa shape index (κ1) is 13.3. The van der Waals surface area contributed by atoms with Crippen molar-refractivity contribution in [3.05, 3.63) is 78.4 Å². The molecule has 0 aliphatic carbocycles. The van der Waals surface area contributed by atoms with E-state index in [1.807, 2.05) is 60.7 Å². The van der Waals surface area contributed by atoms with Gasteiger partial charge in [-0.2, -0.15) is 0 Å². The monoisotopic (exact) mass is 275 g/mol. The molecule has 3 rings (SSSR count). The summed E-state index contributed by atoms with van der Waals surface area (Å²) in [5.74, 6) is 0.783. The van der Waals surface area contributed by atoms with E-state index < -0.39 is 0 Å².